The van der Waals surface area contributed by atoms with E-state index in [1.165, 1.54) is 6.07 Å². The van der Waals surface area contributed by atoms with Gasteiger partial charge < -0.3 is 10.4 Å². The van der Waals surface area contributed by atoms with Gasteiger partial charge in [-0.2, -0.15) is 0 Å². The van der Waals surface area contributed by atoms with Crippen molar-refractivity contribution in [3.05, 3.63) is 51.5 Å². The summed E-state index contributed by atoms with van der Waals surface area (Å²) in [4.78, 5) is 27.9. The number of carbonyl (C=O) groups is 2. The molecule has 0 saturated heterocycles. The molecule has 1 saturated carbocycles. The SMILES string of the molecule is Cc1csc(C2(NC(=O)Cc3cccc(C(=O)O)c3)CCC2)n1. The molecule has 5 nitrogen and oxygen atoms in total. The van der Waals surface area contributed by atoms with E-state index in [1.807, 2.05) is 12.3 Å². The van der Waals surface area contributed by atoms with Crippen molar-refractivity contribution < 1.29 is 14.7 Å². The Morgan fingerprint density at radius 1 is 1.39 bits per heavy atom. The van der Waals surface area contributed by atoms with Gasteiger partial charge in [0.05, 0.1) is 17.5 Å². The molecule has 1 aromatic heterocycles. The highest BCUT2D eigenvalue weighted by Gasteiger charge is 2.42. The molecule has 0 bridgehead atoms. The van der Waals surface area contributed by atoms with E-state index in [9.17, 15) is 9.59 Å². The maximum Gasteiger partial charge on any atom is 0.335 e. The van der Waals surface area contributed by atoms with Crippen molar-refractivity contribution in [1.82, 2.24) is 10.3 Å². The van der Waals surface area contributed by atoms with Crippen molar-refractivity contribution in [3.63, 3.8) is 0 Å². The fourth-order valence-electron chi connectivity index (χ4n) is 2.81. The molecule has 120 valence electrons. The second-order valence-corrected chi connectivity index (χ2v) is 6.82. The number of aromatic carboxylic acids is 1. The lowest BCUT2D eigenvalue weighted by atomic mass is 9.77. The number of rotatable bonds is 5. The van der Waals surface area contributed by atoms with E-state index in [0.29, 0.717) is 5.56 Å². The monoisotopic (exact) mass is 330 g/mol. The van der Waals surface area contributed by atoms with E-state index in [1.54, 1.807) is 29.5 Å². The average Bonchev–Trinajstić information content (AvgIpc) is 2.90. The number of thiazole rings is 1. The van der Waals surface area contributed by atoms with Gasteiger partial charge in [0.25, 0.3) is 0 Å². The summed E-state index contributed by atoms with van der Waals surface area (Å²) < 4.78 is 0. The van der Waals surface area contributed by atoms with E-state index in [4.69, 9.17) is 5.11 Å². The highest BCUT2D eigenvalue weighted by molar-refractivity contribution is 7.09. The number of aryl methyl sites for hydroxylation is 1. The molecular weight excluding hydrogens is 312 g/mol. The first kappa shape index (κ1) is 15.7. The molecule has 1 aliphatic carbocycles. The first-order valence-corrected chi connectivity index (χ1v) is 8.42. The zero-order valence-corrected chi connectivity index (χ0v) is 13.7. The number of carbonyl (C=O) groups excluding carboxylic acids is 1. The molecule has 0 unspecified atom stereocenters. The van der Waals surface area contributed by atoms with Crippen LogP contribution in [0.5, 0.6) is 0 Å². The lowest BCUT2D eigenvalue weighted by molar-refractivity contribution is -0.123. The van der Waals surface area contributed by atoms with Gasteiger partial charge in [0.1, 0.15) is 5.01 Å². The van der Waals surface area contributed by atoms with Crippen LogP contribution in [0.2, 0.25) is 0 Å². The Morgan fingerprint density at radius 3 is 2.74 bits per heavy atom. The van der Waals surface area contributed by atoms with Crippen molar-refractivity contribution >= 4 is 23.2 Å². The summed E-state index contributed by atoms with van der Waals surface area (Å²) in [6.07, 6.45) is 3.06. The lowest BCUT2D eigenvalue weighted by Crippen LogP contribution is -2.51. The number of amides is 1. The van der Waals surface area contributed by atoms with E-state index >= 15 is 0 Å². The molecule has 2 N–H and O–H groups in total. The van der Waals surface area contributed by atoms with Crippen molar-refractivity contribution in [2.45, 2.75) is 38.1 Å². The summed E-state index contributed by atoms with van der Waals surface area (Å²) in [6.45, 7) is 1.95. The van der Waals surface area contributed by atoms with Crippen LogP contribution in [0.3, 0.4) is 0 Å². The third kappa shape index (κ3) is 3.27. The van der Waals surface area contributed by atoms with Crippen LogP contribution in [0.1, 0.15) is 45.9 Å². The van der Waals surface area contributed by atoms with E-state index in [-0.39, 0.29) is 23.4 Å². The standard InChI is InChI=1S/C17H18N2O3S/c1-11-10-23-16(18-11)17(6-3-7-17)19-14(20)9-12-4-2-5-13(8-12)15(21)22/h2,4-5,8,10H,3,6-7,9H2,1H3,(H,19,20)(H,21,22). The van der Waals surface area contributed by atoms with Gasteiger partial charge >= 0.3 is 5.97 Å². The molecule has 1 aliphatic rings. The van der Waals surface area contributed by atoms with Gasteiger partial charge in [-0.3, -0.25) is 4.79 Å². The summed E-state index contributed by atoms with van der Waals surface area (Å²) in [6, 6.07) is 6.50. The van der Waals surface area contributed by atoms with E-state index in [2.05, 4.69) is 10.3 Å². The van der Waals surface area contributed by atoms with Gasteiger partial charge in [-0.1, -0.05) is 12.1 Å². The number of hydrogen-bond acceptors (Lipinski definition) is 4. The molecule has 23 heavy (non-hydrogen) atoms. The molecule has 0 atom stereocenters. The zero-order valence-electron chi connectivity index (χ0n) is 12.8. The molecule has 6 heteroatoms. The van der Waals surface area contributed by atoms with Gasteiger partial charge in [0, 0.05) is 11.1 Å². The Labute approximate surface area is 138 Å². The van der Waals surface area contributed by atoms with Crippen LogP contribution in [-0.2, 0) is 16.8 Å². The molecule has 1 heterocycles. The molecule has 3 rings (SSSR count). The molecule has 2 aromatic rings. The number of aromatic nitrogens is 1. The minimum absolute atomic E-state index is 0.0971. The average molecular weight is 330 g/mol. The molecule has 1 amide bonds. The summed E-state index contributed by atoms with van der Waals surface area (Å²) >= 11 is 1.58. The normalized spacial score (nSPS) is 15.7. The quantitative estimate of drug-likeness (QED) is 0.883. The minimum Gasteiger partial charge on any atom is -0.478 e. The van der Waals surface area contributed by atoms with Crippen molar-refractivity contribution in [2.24, 2.45) is 0 Å². The Morgan fingerprint density at radius 2 is 2.17 bits per heavy atom. The largest absolute Gasteiger partial charge is 0.478 e. The summed E-state index contributed by atoms with van der Waals surface area (Å²) in [7, 11) is 0. The van der Waals surface area contributed by atoms with E-state index in [0.717, 1.165) is 30.0 Å². The van der Waals surface area contributed by atoms with Crippen LogP contribution in [0.15, 0.2) is 29.6 Å². The molecular formula is C17H18N2O3S. The Kier molecular flexibility index (Phi) is 4.17. The predicted molar refractivity (Wildman–Crippen MR) is 87.6 cm³/mol. The minimum atomic E-state index is -0.985. The number of carboxylic acid groups (broad SMARTS) is 1. The first-order valence-electron chi connectivity index (χ1n) is 7.54. The second kappa shape index (κ2) is 6.12. The van der Waals surface area contributed by atoms with Crippen molar-refractivity contribution in [3.8, 4) is 0 Å². The van der Waals surface area contributed by atoms with Crippen LogP contribution < -0.4 is 5.32 Å². The predicted octanol–water partition coefficient (Wildman–Crippen LogP) is 2.89. The third-order valence-corrected chi connectivity index (χ3v) is 5.32. The van der Waals surface area contributed by atoms with Crippen LogP contribution in [0.25, 0.3) is 0 Å². The van der Waals surface area contributed by atoms with Crippen LogP contribution in [0, 0.1) is 6.92 Å². The molecule has 0 aliphatic heterocycles. The summed E-state index contributed by atoms with van der Waals surface area (Å²) in [5, 5.41) is 15.1. The van der Waals surface area contributed by atoms with Gasteiger partial charge in [-0.05, 0) is 43.9 Å². The van der Waals surface area contributed by atoms with Crippen molar-refractivity contribution in [1.29, 1.82) is 0 Å². The van der Waals surface area contributed by atoms with E-state index < -0.39 is 5.97 Å². The van der Waals surface area contributed by atoms with Gasteiger partial charge in [-0.15, -0.1) is 11.3 Å². The highest BCUT2D eigenvalue weighted by atomic mass is 32.1. The number of carboxylic acids is 1. The molecule has 1 aromatic carbocycles. The van der Waals surface area contributed by atoms with Crippen LogP contribution in [-0.4, -0.2) is 22.0 Å². The fourth-order valence-corrected chi connectivity index (χ4v) is 3.82. The van der Waals surface area contributed by atoms with Crippen LogP contribution in [0.4, 0.5) is 0 Å². The third-order valence-electron chi connectivity index (χ3n) is 4.15. The maximum absolute atomic E-state index is 12.4. The summed E-state index contributed by atoms with van der Waals surface area (Å²) in [5.41, 5.74) is 1.54. The lowest BCUT2D eigenvalue weighted by Gasteiger charge is -2.40. The number of benzene rings is 1. The maximum atomic E-state index is 12.4. The Balaban J connectivity index is 1.71. The zero-order chi connectivity index (χ0) is 16.4. The molecule has 0 radical (unpaired) electrons. The van der Waals surface area contributed by atoms with Crippen LogP contribution >= 0.6 is 11.3 Å². The van der Waals surface area contributed by atoms with Crippen molar-refractivity contribution in [2.75, 3.05) is 0 Å². The number of hydrogen-bond donors (Lipinski definition) is 2. The van der Waals surface area contributed by atoms with Gasteiger partial charge in [0.2, 0.25) is 5.91 Å². The Bertz CT molecular complexity index is 750. The summed E-state index contributed by atoms with van der Waals surface area (Å²) in [5.74, 6) is -1.08. The molecule has 1 fully saturated rings. The second-order valence-electron chi connectivity index (χ2n) is 5.96. The highest BCUT2D eigenvalue weighted by Crippen LogP contribution is 2.42. The van der Waals surface area contributed by atoms with Gasteiger partial charge in [0.15, 0.2) is 0 Å². The number of nitrogens with zero attached hydrogens (tertiary/aromatic N) is 1. The Hall–Kier alpha value is -2.21. The molecule has 0 spiro atoms. The number of nitrogens with one attached hydrogen (secondary N) is 1. The topological polar surface area (TPSA) is 79.3 Å². The fraction of sp³-hybridized carbons (Fsp3) is 0.353. The first-order chi connectivity index (χ1) is 11.0. The smallest absolute Gasteiger partial charge is 0.335 e. The van der Waals surface area contributed by atoms with Gasteiger partial charge in [-0.25, -0.2) is 9.78 Å².